The van der Waals surface area contributed by atoms with Crippen LogP contribution in [0.15, 0.2) is 30.3 Å². The maximum absolute atomic E-state index is 11.4. The third kappa shape index (κ3) is 4.83. The Hall–Kier alpha value is -1.61. The molecule has 3 nitrogen and oxygen atoms in total. The van der Waals surface area contributed by atoms with Gasteiger partial charge in [0.15, 0.2) is 0 Å². The molecule has 0 aliphatic heterocycles. The van der Waals surface area contributed by atoms with E-state index in [4.69, 9.17) is 5.11 Å². The summed E-state index contributed by atoms with van der Waals surface area (Å²) in [7, 11) is 0. The van der Waals surface area contributed by atoms with Gasteiger partial charge in [0, 0.05) is 12.1 Å². The number of carbonyl (C=O) groups is 1. The molecule has 17 heavy (non-hydrogen) atoms. The lowest BCUT2D eigenvalue weighted by molar-refractivity contribution is -0.117. The van der Waals surface area contributed by atoms with E-state index in [1.807, 2.05) is 24.3 Å². The monoisotopic (exact) mass is 233 g/mol. The van der Waals surface area contributed by atoms with E-state index < -0.39 is 0 Å². The summed E-state index contributed by atoms with van der Waals surface area (Å²) in [4.78, 5) is 11.4. The third-order valence-corrected chi connectivity index (χ3v) is 2.48. The van der Waals surface area contributed by atoms with Crippen LogP contribution in [0.1, 0.15) is 25.0 Å². The topological polar surface area (TPSA) is 49.3 Å². The molecule has 1 aromatic carbocycles. The molecule has 0 bridgehead atoms. The summed E-state index contributed by atoms with van der Waals surface area (Å²) in [5, 5.41) is 11.4. The van der Waals surface area contributed by atoms with Crippen LogP contribution in [0.5, 0.6) is 0 Å². The Kier molecular flexibility index (Phi) is 5.43. The van der Waals surface area contributed by atoms with E-state index in [2.05, 4.69) is 12.2 Å². The van der Waals surface area contributed by atoms with Gasteiger partial charge in [0.2, 0.25) is 5.91 Å². The van der Waals surface area contributed by atoms with E-state index in [-0.39, 0.29) is 18.6 Å². The van der Waals surface area contributed by atoms with E-state index in [0.29, 0.717) is 0 Å². The molecule has 0 fully saturated rings. The van der Waals surface area contributed by atoms with Crippen molar-refractivity contribution in [2.75, 3.05) is 6.61 Å². The Morgan fingerprint density at radius 3 is 2.59 bits per heavy atom. The van der Waals surface area contributed by atoms with Gasteiger partial charge in [0.05, 0.1) is 6.61 Å². The van der Waals surface area contributed by atoms with Gasteiger partial charge in [-0.2, -0.15) is 0 Å². The summed E-state index contributed by atoms with van der Waals surface area (Å²) < 4.78 is 0. The van der Waals surface area contributed by atoms with Crippen molar-refractivity contribution >= 4 is 12.0 Å². The molecule has 0 radical (unpaired) electrons. The predicted octanol–water partition coefficient (Wildman–Crippen LogP) is 1.76. The van der Waals surface area contributed by atoms with Gasteiger partial charge in [-0.15, -0.1) is 0 Å². The molecule has 0 aliphatic carbocycles. The maximum atomic E-state index is 11.4. The van der Waals surface area contributed by atoms with Crippen LogP contribution in [0.25, 0.3) is 6.08 Å². The standard InChI is InChI=1S/C14H19NO2/c1-3-12-4-6-13(7-5-12)8-9-14(17)15-11(2)10-16/h4-9,11,16H,3,10H2,1-2H3,(H,15,17)/t11-/m0/s1. The quantitative estimate of drug-likeness (QED) is 0.761. The second-order valence-electron chi connectivity index (χ2n) is 4.02. The van der Waals surface area contributed by atoms with Gasteiger partial charge < -0.3 is 10.4 Å². The minimum Gasteiger partial charge on any atom is -0.394 e. The highest BCUT2D eigenvalue weighted by molar-refractivity contribution is 5.91. The molecule has 0 saturated carbocycles. The first kappa shape index (κ1) is 13.5. The van der Waals surface area contributed by atoms with Gasteiger partial charge in [0.25, 0.3) is 0 Å². The SMILES string of the molecule is CCc1ccc(C=CC(=O)N[C@@H](C)CO)cc1. The fourth-order valence-electron chi connectivity index (χ4n) is 1.37. The number of benzene rings is 1. The van der Waals surface area contributed by atoms with Gasteiger partial charge >= 0.3 is 0 Å². The molecule has 0 saturated heterocycles. The van der Waals surface area contributed by atoms with Crippen LogP contribution in [-0.2, 0) is 11.2 Å². The zero-order valence-corrected chi connectivity index (χ0v) is 10.3. The van der Waals surface area contributed by atoms with E-state index >= 15 is 0 Å². The molecule has 1 aromatic rings. The molecule has 0 heterocycles. The first-order valence-corrected chi connectivity index (χ1v) is 5.84. The zero-order chi connectivity index (χ0) is 12.7. The number of hydrogen-bond acceptors (Lipinski definition) is 2. The number of rotatable bonds is 5. The lowest BCUT2D eigenvalue weighted by Crippen LogP contribution is -2.33. The zero-order valence-electron chi connectivity index (χ0n) is 10.3. The van der Waals surface area contributed by atoms with Crippen LogP contribution < -0.4 is 5.32 Å². The Morgan fingerprint density at radius 2 is 2.06 bits per heavy atom. The highest BCUT2D eigenvalue weighted by Gasteiger charge is 2.01. The predicted molar refractivity (Wildman–Crippen MR) is 69.5 cm³/mol. The molecule has 0 aromatic heterocycles. The second kappa shape index (κ2) is 6.86. The molecular weight excluding hydrogens is 214 g/mol. The molecule has 2 N–H and O–H groups in total. The van der Waals surface area contributed by atoms with Crippen LogP contribution in [-0.4, -0.2) is 23.7 Å². The molecule has 0 unspecified atom stereocenters. The number of hydrogen-bond donors (Lipinski definition) is 2. The van der Waals surface area contributed by atoms with E-state index in [1.54, 1.807) is 13.0 Å². The summed E-state index contributed by atoms with van der Waals surface area (Å²) in [6.07, 6.45) is 4.25. The molecular formula is C14H19NO2. The lowest BCUT2D eigenvalue weighted by atomic mass is 10.1. The lowest BCUT2D eigenvalue weighted by Gasteiger charge is -2.07. The number of aryl methyl sites for hydroxylation is 1. The number of carbonyl (C=O) groups excluding carboxylic acids is 1. The first-order valence-electron chi connectivity index (χ1n) is 5.84. The number of nitrogens with one attached hydrogen (secondary N) is 1. The third-order valence-electron chi connectivity index (χ3n) is 2.48. The van der Waals surface area contributed by atoms with Crippen LogP contribution in [0.2, 0.25) is 0 Å². The van der Waals surface area contributed by atoms with Crippen molar-refractivity contribution in [2.24, 2.45) is 0 Å². The Morgan fingerprint density at radius 1 is 1.41 bits per heavy atom. The van der Waals surface area contributed by atoms with Crippen molar-refractivity contribution in [3.05, 3.63) is 41.5 Å². The smallest absolute Gasteiger partial charge is 0.244 e. The summed E-state index contributed by atoms with van der Waals surface area (Å²) in [6, 6.07) is 7.85. The number of amides is 1. The van der Waals surface area contributed by atoms with Gasteiger partial charge in [-0.3, -0.25) is 4.79 Å². The minimum atomic E-state index is -0.213. The Balaban J connectivity index is 2.54. The number of aliphatic hydroxyl groups excluding tert-OH is 1. The van der Waals surface area contributed by atoms with Crippen molar-refractivity contribution < 1.29 is 9.90 Å². The van der Waals surface area contributed by atoms with Crippen molar-refractivity contribution in [3.8, 4) is 0 Å². The molecule has 92 valence electrons. The van der Waals surface area contributed by atoms with E-state index in [9.17, 15) is 4.79 Å². The molecule has 3 heteroatoms. The maximum Gasteiger partial charge on any atom is 0.244 e. The Labute approximate surface area is 102 Å². The van der Waals surface area contributed by atoms with E-state index in [1.165, 1.54) is 11.6 Å². The van der Waals surface area contributed by atoms with Gasteiger partial charge in [-0.1, -0.05) is 31.2 Å². The van der Waals surface area contributed by atoms with Crippen molar-refractivity contribution in [2.45, 2.75) is 26.3 Å². The fraction of sp³-hybridized carbons (Fsp3) is 0.357. The van der Waals surface area contributed by atoms with Crippen molar-refractivity contribution in [1.29, 1.82) is 0 Å². The highest BCUT2D eigenvalue weighted by atomic mass is 16.3. The Bertz CT molecular complexity index is 382. The summed E-state index contributed by atoms with van der Waals surface area (Å²) in [5.74, 6) is -0.189. The average molecular weight is 233 g/mol. The minimum absolute atomic E-state index is 0.0508. The van der Waals surface area contributed by atoms with E-state index in [0.717, 1.165) is 12.0 Å². The molecule has 0 aliphatic rings. The van der Waals surface area contributed by atoms with Crippen LogP contribution >= 0.6 is 0 Å². The molecule has 1 atom stereocenters. The number of aliphatic hydroxyl groups is 1. The summed E-state index contributed by atoms with van der Waals surface area (Å²) in [5.41, 5.74) is 2.27. The van der Waals surface area contributed by atoms with Crippen molar-refractivity contribution in [3.63, 3.8) is 0 Å². The fourth-order valence-corrected chi connectivity index (χ4v) is 1.37. The first-order chi connectivity index (χ1) is 8.15. The average Bonchev–Trinajstić information content (AvgIpc) is 2.36. The summed E-state index contributed by atoms with van der Waals surface area (Å²) in [6.45, 7) is 3.81. The molecule has 0 spiro atoms. The van der Waals surface area contributed by atoms with Gasteiger partial charge in [-0.05, 0) is 30.5 Å². The largest absolute Gasteiger partial charge is 0.394 e. The van der Waals surface area contributed by atoms with Crippen LogP contribution in [0.3, 0.4) is 0 Å². The summed E-state index contributed by atoms with van der Waals surface area (Å²) >= 11 is 0. The molecule has 1 rings (SSSR count). The molecule has 1 amide bonds. The van der Waals surface area contributed by atoms with Gasteiger partial charge in [-0.25, -0.2) is 0 Å². The van der Waals surface area contributed by atoms with Gasteiger partial charge in [0.1, 0.15) is 0 Å². The van der Waals surface area contributed by atoms with Crippen molar-refractivity contribution in [1.82, 2.24) is 5.32 Å². The normalized spacial score (nSPS) is 12.6. The second-order valence-corrected chi connectivity index (χ2v) is 4.02. The highest BCUT2D eigenvalue weighted by Crippen LogP contribution is 2.06. The van der Waals surface area contributed by atoms with Crippen LogP contribution in [0.4, 0.5) is 0 Å². The van der Waals surface area contributed by atoms with Crippen LogP contribution in [0, 0.1) is 0 Å².